The molecule has 1 fully saturated rings. The van der Waals surface area contributed by atoms with Crippen LogP contribution in [0.3, 0.4) is 0 Å². The van der Waals surface area contributed by atoms with E-state index in [0.29, 0.717) is 23.5 Å². The van der Waals surface area contributed by atoms with E-state index in [1.54, 1.807) is 0 Å². The molecule has 1 saturated heterocycles. The highest BCUT2D eigenvalue weighted by molar-refractivity contribution is 5.54. The molecule has 3 N–H and O–H groups in total. The van der Waals surface area contributed by atoms with E-state index in [1.165, 1.54) is 0 Å². The minimum absolute atomic E-state index is 0.315. The second-order valence-electron chi connectivity index (χ2n) is 6.36. The zero-order valence-corrected chi connectivity index (χ0v) is 12.8. The Kier molecular flexibility index (Phi) is 4.38. The molecule has 5 nitrogen and oxygen atoms in total. The van der Waals surface area contributed by atoms with Crippen molar-refractivity contribution in [3.05, 3.63) is 12.1 Å². The first-order chi connectivity index (χ1) is 9.35. The Labute approximate surface area is 120 Å². The number of anilines is 2. The van der Waals surface area contributed by atoms with E-state index in [2.05, 4.69) is 17.2 Å². The maximum atomic E-state index is 5.91. The Morgan fingerprint density at radius 3 is 2.80 bits per heavy atom. The molecule has 0 spiro atoms. The lowest BCUT2D eigenvalue weighted by molar-refractivity contribution is 0.125. The number of hydrogen-bond donors (Lipinski definition) is 2. The van der Waals surface area contributed by atoms with E-state index in [1.807, 2.05) is 32.9 Å². The summed E-state index contributed by atoms with van der Waals surface area (Å²) in [7, 11) is 0. The van der Waals surface area contributed by atoms with E-state index in [-0.39, 0.29) is 5.60 Å². The molecule has 112 valence electrons. The monoisotopic (exact) mass is 279 g/mol. The minimum atomic E-state index is -0.315. The summed E-state index contributed by atoms with van der Waals surface area (Å²) in [6.45, 7) is 9.76. The molecule has 2 heterocycles. The zero-order chi connectivity index (χ0) is 14.8. The smallest absolute Gasteiger partial charge is 0.239 e. The SMILES string of the molecule is CC(Nc1ccc(N)c(OC(C)(C)C)n1)C1CCOC1. The van der Waals surface area contributed by atoms with Gasteiger partial charge in [0.2, 0.25) is 5.88 Å². The molecular formula is C15H25N3O2. The van der Waals surface area contributed by atoms with Crippen molar-refractivity contribution in [3.8, 4) is 5.88 Å². The van der Waals surface area contributed by atoms with Crippen LogP contribution in [0.15, 0.2) is 12.1 Å². The average Bonchev–Trinajstić information content (AvgIpc) is 2.85. The second-order valence-corrected chi connectivity index (χ2v) is 6.36. The van der Waals surface area contributed by atoms with Crippen LogP contribution in [-0.2, 0) is 4.74 Å². The van der Waals surface area contributed by atoms with Crippen LogP contribution < -0.4 is 15.8 Å². The maximum absolute atomic E-state index is 5.91. The normalized spacial score (nSPS) is 20.7. The fourth-order valence-electron chi connectivity index (χ4n) is 2.20. The summed E-state index contributed by atoms with van der Waals surface area (Å²) >= 11 is 0. The molecule has 1 aliphatic rings. The van der Waals surface area contributed by atoms with Crippen molar-refractivity contribution in [1.29, 1.82) is 0 Å². The summed E-state index contributed by atoms with van der Waals surface area (Å²) in [6.07, 6.45) is 1.09. The summed E-state index contributed by atoms with van der Waals surface area (Å²) in [6, 6.07) is 4.03. The number of aromatic nitrogens is 1. The van der Waals surface area contributed by atoms with Gasteiger partial charge in [-0.2, -0.15) is 4.98 Å². The van der Waals surface area contributed by atoms with Crippen molar-refractivity contribution in [1.82, 2.24) is 4.98 Å². The van der Waals surface area contributed by atoms with Crippen LogP contribution in [-0.4, -0.2) is 29.8 Å². The largest absolute Gasteiger partial charge is 0.470 e. The lowest BCUT2D eigenvalue weighted by Gasteiger charge is -2.23. The number of pyridine rings is 1. The third-order valence-electron chi connectivity index (χ3n) is 3.34. The summed E-state index contributed by atoms with van der Waals surface area (Å²) in [5, 5.41) is 3.41. The Morgan fingerprint density at radius 2 is 2.20 bits per heavy atom. The number of rotatable bonds is 4. The van der Waals surface area contributed by atoms with Crippen LogP contribution >= 0.6 is 0 Å². The first-order valence-electron chi connectivity index (χ1n) is 7.15. The predicted molar refractivity (Wildman–Crippen MR) is 81.0 cm³/mol. The van der Waals surface area contributed by atoms with Crippen molar-refractivity contribution >= 4 is 11.5 Å². The number of nitrogens with two attached hydrogens (primary N) is 1. The van der Waals surface area contributed by atoms with Crippen LogP contribution in [0, 0.1) is 5.92 Å². The first-order valence-corrected chi connectivity index (χ1v) is 7.15. The molecule has 2 unspecified atom stereocenters. The number of hydrogen-bond acceptors (Lipinski definition) is 5. The first kappa shape index (κ1) is 14.9. The van der Waals surface area contributed by atoms with Gasteiger partial charge in [-0.25, -0.2) is 0 Å². The van der Waals surface area contributed by atoms with Crippen LogP contribution in [0.2, 0.25) is 0 Å². The van der Waals surface area contributed by atoms with Gasteiger partial charge < -0.3 is 20.5 Å². The molecule has 0 bridgehead atoms. The van der Waals surface area contributed by atoms with E-state index < -0.39 is 0 Å². The fraction of sp³-hybridized carbons (Fsp3) is 0.667. The third kappa shape index (κ3) is 4.00. The number of nitrogens with zero attached hydrogens (tertiary/aromatic N) is 1. The number of ether oxygens (including phenoxy) is 2. The molecule has 0 aromatic carbocycles. The summed E-state index contributed by atoms with van der Waals surface area (Å²) in [4.78, 5) is 4.47. The molecule has 2 atom stereocenters. The highest BCUT2D eigenvalue weighted by Crippen LogP contribution is 2.26. The van der Waals surface area contributed by atoms with Crippen molar-refractivity contribution in [3.63, 3.8) is 0 Å². The lowest BCUT2D eigenvalue weighted by atomic mass is 10.0. The molecule has 0 radical (unpaired) electrons. The minimum Gasteiger partial charge on any atom is -0.470 e. The van der Waals surface area contributed by atoms with Crippen LogP contribution in [0.4, 0.5) is 11.5 Å². The van der Waals surface area contributed by atoms with Gasteiger partial charge in [0.1, 0.15) is 11.4 Å². The summed E-state index contributed by atoms with van der Waals surface area (Å²) < 4.78 is 11.2. The molecule has 0 amide bonds. The standard InChI is InChI=1S/C15H25N3O2/c1-10(11-7-8-19-9-11)17-13-6-5-12(16)14(18-13)20-15(2,3)4/h5-6,10-11H,7-9,16H2,1-4H3,(H,17,18). The third-order valence-corrected chi connectivity index (χ3v) is 3.34. The van der Waals surface area contributed by atoms with Crippen LogP contribution in [0.5, 0.6) is 5.88 Å². The van der Waals surface area contributed by atoms with Gasteiger partial charge in [-0.3, -0.25) is 0 Å². The van der Waals surface area contributed by atoms with E-state index >= 15 is 0 Å². The molecule has 1 aromatic rings. The Bertz CT molecular complexity index is 451. The Hall–Kier alpha value is -1.49. The van der Waals surface area contributed by atoms with Crippen LogP contribution in [0.1, 0.15) is 34.1 Å². The average molecular weight is 279 g/mol. The summed E-state index contributed by atoms with van der Waals surface area (Å²) in [5.41, 5.74) is 6.16. The quantitative estimate of drug-likeness (QED) is 0.886. The Balaban J connectivity index is 2.06. The van der Waals surface area contributed by atoms with Gasteiger partial charge in [0, 0.05) is 18.6 Å². The molecular weight excluding hydrogens is 254 g/mol. The van der Waals surface area contributed by atoms with Gasteiger partial charge >= 0.3 is 0 Å². The zero-order valence-electron chi connectivity index (χ0n) is 12.8. The van der Waals surface area contributed by atoms with Crippen LogP contribution in [0.25, 0.3) is 0 Å². The highest BCUT2D eigenvalue weighted by Gasteiger charge is 2.23. The second kappa shape index (κ2) is 5.87. The van der Waals surface area contributed by atoms with Crippen molar-refractivity contribution in [2.45, 2.75) is 45.8 Å². The van der Waals surface area contributed by atoms with E-state index in [9.17, 15) is 0 Å². The molecule has 5 heteroatoms. The maximum Gasteiger partial charge on any atom is 0.239 e. The van der Waals surface area contributed by atoms with Gasteiger partial charge in [-0.1, -0.05) is 0 Å². The molecule has 2 rings (SSSR count). The van der Waals surface area contributed by atoms with Gasteiger partial charge in [-0.15, -0.1) is 0 Å². The van der Waals surface area contributed by atoms with Crippen molar-refractivity contribution in [2.24, 2.45) is 5.92 Å². The number of nitrogens with one attached hydrogen (secondary N) is 1. The predicted octanol–water partition coefficient (Wildman–Crippen LogP) is 2.68. The van der Waals surface area contributed by atoms with Crippen molar-refractivity contribution < 1.29 is 9.47 Å². The molecule has 0 saturated carbocycles. The lowest BCUT2D eigenvalue weighted by Crippen LogP contribution is -2.27. The highest BCUT2D eigenvalue weighted by atomic mass is 16.5. The van der Waals surface area contributed by atoms with Crippen molar-refractivity contribution in [2.75, 3.05) is 24.3 Å². The van der Waals surface area contributed by atoms with Gasteiger partial charge in [0.25, 0.3) is 0 Å². The van der Waals surface area contributed by atoms with E-state index in [0.717, 1.165) is 25.5 Å². The molecule has 0 aliphatic carbocycles. The molecule has 1 aromatic heterocycles. The Morgan fingerprint density at radius 1 is 1.45 bits per heavy atom. The van der Waals surface area contributed by atoms with Gasteiger partial charge in [0.05, 0.1) is 12.3 Å². The van der Waals surface area contributed by atoms with Gasteiger partial charge in [0.15, 0.2) is 0 Å². The molecule has 20 heavy (non-hydrogen) atoms. The summed E-state index contributed by atoms with van der Waals surface area (Å²) in [5.74, 6) is 1.80. The number of nitrogen functional groups attached to an aromatic ring is 1. The fourth-order valence-corrected chi connectivity index (χ4v) is 2.20. The van der Waals surface area contributed by atoms with Gasteiger partial charge in [-0.05, 0) is 46.2 Å². The molecule has 1 aliphatic heterocycles. The van der Waals surface area contributed by atoms with E-state index in [4.69, 9.17) is 15.2 Å². The topological polar surface area (TPSA) is 69.4 Å².